The zero-order valence-corrected chi connectivity index (χ0v) is 11.3. The van der Waals surface area contributed by atoms with Gasteiger partial charge in [0, 0.05) is 13.1 Å². The molecule has 0 aromatic heterocycles. The topological polar surface area (TPSA) is 43.7 Å². The largest absolute Gasteiger partial charge is 0.394 e. The van der Waals surface area contributed by atoms with Crippen LogP contribution in [0.25, 0.3) is 10.8 Å². The molecule has 0 spiro atoms. The van der Waals surface area contributed by atoms with Crippen molar-refractivity contribution in [2.75, 3.05) is 26.7 Å². The number of hydrogen-bond donors (Lipinski definition) is 2. The van der Waals surface area contributed by atoms with Gasteiger partial charge in [0.1, 0.15) is 0 Å². The average molecular weight is 259 g/mol. The summed E-state index contributed by atoms with van der Waals surface area (Å²) in [5, 5.41) is 20.7. The van der Waals surface area contributed by atoms with Crippen LogP contribution in [0.2, 0.25) is 0 Å². The van der Waals surface area contributed by atoms with Crippen molar-refractivity contribution in [1.82, 2.24) is 4.90 Å². The van der Waals surface area contributed by atoms with Crippen molar-refractivity contribution in [2.45, 2.75) is 12.5 Å². The van der Waals surface area contributed by atoms with Gasteiger partial charge in [-0.15, -0.1) is 0 Å². The second-order valence-corrected chi connectivity index (χ2v) is 5.03. The molecule has 0 amide bonds. The molecule has 0 heterocycles. The van der Waals surface area contributed by atoms with Crippen LogP contribution in [-0.2, 0) is 6.42 Å². The van der Waals surface area contributed by atoms with Gasteiger partial charge in [-0.1, -0.05) is 42.5 Å². The molecule has 102 valence electrons. The molecule has 1 atom stereocenters. The molecule has 0 bridgehead atoms. The summed E-state index contributed by atoms with van der Waals surface area (Å²) < 4.78 is 0. The normalized spacial score (nSPS) is 13.1. The second-order valence-electron chi connectivity index (χ2n) is 5.03. The average Bonchev–Trinajstić information content (AvgIpc) is 2.44. The van der Waals surface area contributed by atoms with Crippen molar-refractivity contribution in [3.05, 3.63) is 48.0 Å². The molecule has 2 aromatic carbocycles. The van der Waals surface area contributed by atoms with E-state index in [0.717, 1.165) is 13.0 Å². The molecular formula is C16H21NO2. The first-order chi connectivity index (χ1) is 9.19. The van der Waals surface area contributed by atoms with E-state index in [1.165, 1.54) is 16.3 Å². The molecule has 3 nitrogen and oxygen atoms in total. The highest BCUT2D eigenvalue weighted by molar-refractivity contribution is 5.82. The lowest BCUT2D eigenvalue weighted by molar-refractivity contribution is 0.0669. The van der Waals surface area contributed by atoms with E-state index in [2.05, 4.69) is 36.4 Å². The van der Waals surface area contributed by atoms with E-state index in [9.17, 15) is 5.11 Å². The molecule has 0 aliphatic heterocycles. The smallest absolute Gasteiger partial charge is 0.0897 e. The van der Waals surface area contributed by atoms with Crippen LogP contribution < -0.4 is 0 Å². The third kappa shape index (κ3) is 4.03. The van der Waals surface area contributed by atoms with Gasteiger partial charge >= 0.3 is 0 Å². The Morgan fingerprint density at radius 2 is 1.84 bits per heavy atom. The van der Waals surface area contributed by atoms with Gasteiger partial charge in [-0.3, -0.25) is 0 Å². The molecule has 3 heteroatoms. The van der Waals surface area contributed by atoms with E-state index in [1.807, 2.05) is 18.0 Å². The van der Waals surface area contributed by atoms with Crippen LogP contribution in [0.5, 0.6) is 0 Å². The lowest BCUT2D eigenvalue weighted by Gasteiger charge is -2.19. The molecule has 0 aliphatic rings. The molecule has 2 N–H and O–H groups in total. The molecule has 1 unspecified atom stereocenters. The molecule has 0 aliphatic carbocycles. The maximum absolute atomic E-state index is 9.38. The minimum absolute atomic E-state index is 0.180. The first-order valence-electron chi connectivity index (χ1n) is 6.64. The highest BCUT2D eigenvalue weighted by Crippen LogP contribution is 2.16. The Hall–Kier alpha value is -1.42. The number of hydrogen-bond acceptors (Lipinski definition) is 3. The number of benzene rings is 2. The van der Waals surface area contributed by atoms with Crippen molar-refractivity contribution in [3.8, 4) is 0 Å². The van der Waals surface area contributed by atoms with Gasteiger partial charge in [-0.25, -0.2) is 0 Å². The van der Waals surface area contributed by atoms with E-state index in [4.69, 9.17) is 5.11 Å². The maximum Gasteiger partial charge on any atom is 0.0897 e. The van der Waals surface area contributed by atoms with Crippen LogP contribution in [0.4, 0.5) is 0 Å². The fraction of sp³-hybridized carbons (Fsp3) is 0.375. The number of fused-ring (bicyclic) bond motifs is 1. The lowest BCUT2D eigenvalue weighted by Crippen LogP contribution is -2.32. The zero-order chi connectivity index (χ0) is 13.7. The van der Waals surface area contributed by atoms with Crippen LogP contribution in [0.1, 0.15) is 5.56 Å². The van der Waals surface area contributed by atoms with Crippen LogP contribution in [0.3, 0.4) is 0 Å². The summed E-state index contributed by atoms with van der Waals surface area (Å²) >= 11 is 0. The Balaban J connectivity index is 1.94. The summed E-state index contributed by atoms with van der Waals surface area (Å²) in [6.07, 6.45) is 0.293. The maximum atomic E-state index is 9.38. The minimum atomic E-state index is -0.651. The molecular weight excluding hydrogens is 238 g/mol. The summed E-state index contributed by atoms with van der Waals surface area (Å²) in [5.41, 5.74) is 1.30. The van der Waals surface area contributed by atoms with Gasteiger partial charge in [0.2, 0.25) is 0 Å². The van der Waals surface area contributed by atoms with E-state index in [1.54, 1.807) is 0 Å². The van der Waals surface area contributed by atoms with Gasteiger partial charge < -0.3 is 15.1 Å². The van der Waals surface area contributed by atoms with Crippen molar-refractivity contribution in [3.63, 3.8) is 0 Å². The predicted molar refractivity (Wildman–Crippen MR) is 78.2 cm³/mol. The van der Waals surface area contributed by atoms with Crippen LogP contribution in [-0.4, -0.2) is 48.0 Å². The molecule has 0 saturated carbocycles. The van der Waals surface area contributed by atoms with Crippen molar-refractivity contribution in [2.24, 2.45) is 0 Å². The lowest BCUT2D eigenvalue weighted by atomic mass is 10.1. The minimum Gasteiger partial charge on any atom is -0.394 e. The predicted octanol–water partition coefficient (Wildman–Crippen LogP) is 1.67. The molecule has 2 rings (SSSR count). The third-order valence-corrected chi connectivity index (χ3v) is 3.33. The number of rotatable bonds is 6. The SMILES string of the molecule is CN(CCc1ccc2ccccc2c1)CC(O)CO. The number of nitrogens with zero attached hydrogens (tertiary/aromatic N) is 1. The standard InChI is InChI=1S/C16H21NO2/c1-17(11-16(19)12-18)9-8-13-6-7-14-4-2-3-5-15(14)10-13/h2-7,10,16,18-19H,8-9,11-12H2,1H3. The summed E-state index contributed by atoms with van der Waals surface area (Å²) in [7, 11) is 1.96. The summed E-state index contributed by atoms with van der Waals surface area (Å²) in [6.45, 7) is 1.19. The zero-order valence-electron chi connectivity index (χ0n) is 11.3. The van der Waals surface area contributed by atoms with E-state index in [0.29, 0.717) is 6.54 Å². The number of likely N-dealkylation sites (N-methyl/N-ethyl adjacent to an activating group) is 1. The molecule has 0 fully saturated rings. The second kappa shape index (κ2) is 6.66. The van der Waals surface area contributed by atoms with Crippen LogP contribution >= 0.6 is 0 Å². The highest BCUT2D eigenvalue weighted by atomic mass is 16.3. The summed E-state index contributed by atoms with van der Waals surface area (Å²) in [6, 6.07) is 14.8. The van der Waals surface area contributed by atoms with E-state index < -0.39 is 6.10 Å². The third-order valence-electron chi connectivity index (χ3n) is 3.33. The Labute approximate surface area is 114 Å². The van der Waals surface area contributed by atoms with Gasteiger partial charge in [-0.05, 0) is 29.8 Å². The number of aliphatic hydroxyl groups excluding tert-OH is 2. The Morgan fingerprint density at radius 3 is 2.58 bits per heavy atom. The van der Waals surface area contributed by atoms with Crippen molar-refractivity contribution >= 4 is 10.8 Å². The summed E-state index contributed by atoms with van der Waals surface area (Å²) in [5.74, 6) is 0. The van der Waals surface area contributed by atoms with Crippen LogP contribution in [0.15, 0.2) is 42.5 Å². The Kier molecular flexibility index (Phi) is 4.91. The van der Waals surface area contributed by atoms with Gasteiger partial charge in [-0.2, -0.15) is 0 Å². The van der Waals surface area contributed by atoms with E-state index in [-0.39, 0.29) is 6.61 Å². The molecule has 0 saturated heterocycles. The molecule has 2 aromatic rings. The van der Waals surface area contributed by atoms with Gasteiger partial charge in [0.15, 0.2) is 0 Å². The monoisotopic (exact) mass is 259 g/mol. The quantitative estimate of drug-likeness (QED) is 0.829. The fourth-order valence-corrected chi connectivity index (χ4v) is 2.22. The van der Waals surface area contributed by atoms with Crippen LogP contribution in [0, 0.1) is 0 Å². The van der Waals surface area contributed by atoms with Crippen molar-refractivity contribution < 1.29 is 10.2 Å². The fourth-order valence-electron chi connectivity index (χ4n) is 2.22. The van der Waals surface area contributed by atoms with Gasteiger partial charge in [0.25, 0.3) is 0 Å². The first kappa shape index (κ1) is 14.0. The Morgan fingerprint density at radius 1 is 1.11 bits per heavy atom. The molecule has 19 heavy (non-hydrogen) atoms. The highest BCUT2D eigenvalue weighted by Gasteiger charge is 2.06. The molecule has 0 radical (unpaired) electrons. The Bertz CT molecular complexity index is 527. The van der Waals surface area contributed by atoms with Crippen molar-refractivity contribution in [1.29, 1.82) is 0 Å². The first-order valence-corrected chi connectivity index (χ1v) is 6.64. The number of aliphatic hydroxyl groups is 2. The van der Waals surface area contributed by atoms with E-state index >= 15 is 0 Å². The summed E-state index contributed by atoms with van der Waals surface area (Å²) in [4.78, 5) is 2.04. The van der Waals surface area contributed by atoms with Gasteiger partial charge in [0.05, 0.1) is 12.7 Å².